The van der Waals surface area contributed by atoms with E-state index >= 15 is 0 Å². The van der Waals surface area contributed by atoms with Crippen molar-refractivity contribution in [3.05, 3.63) is 52.4 Å². The molecule has 0 spiro atoms. The highest BCUT2D eigenvalue weighted by Gasteiger charge is 2.19. The molecule has 2 aromatic rings. The van der Waals surface area contributed by atoms with Crippen molar-refractivity contribution in [2.75, 3.05) is 20.6 Å². The van der Waals surface area contributed by atoms with Gasteiger partial charge in [0.2, 0.25) is 0 Å². The van der Waals surface area contributed by atoms with E-state index in [1.54, 1.807) is 12.1 Å². The second-order valence-electron chi connectivity index (χ2n) is 5.79. The molecule has 2 N–H and O–H groups in total. The summed E-state index contributed by atoms with van der Waals surface area (Å²) in [6.45, 7) is 2.80. The third-order valence-corrected chi connectivity index (χ3v) is 6.93. The fourth-order valence-corrected chi connectivity index (χ4v) is 4.58. The number of rotatable bonds is 7. The second-order valence-corrected chi connectivity index (χ2v) is 9.34. The molecule has 0 aliphatic carbocycles. The van der Waals surface area contributed by atoms with E-state index < -0.39 is 21.7 Å². The van der Waals surface area contributed by atoms with Crippen LogP contribution < -0.4 is 10.6 Å². The predicted molar refractivity (Wildman–Crippen MR) is 103 cm³/mol. The first kappa shape index (κ1) is 21.3. The quantitative estimate of drug-likeness (QED) is 0.537. The maximum absolute atomic E-state index is 13.7. The first-order chi connectivity index (χ1) is 12.7. The number of hydrogen-bond acceptors (Lipinski definition) is 4. The first-order valence-corrected chi connectivity index (χ1v) is 10.5. The highest BCUT2D eigenvalue weighted by molar-refractivity contribution is 7.91. The van der Waals surface area contributed by atoms with Crippen molar-refractivity contribution >= 4 is 27.3 Å². The predicted octanol–water partition coefficient (Wildman–Crippen LogP) is 2.53. The Kier molecular flexibility index (Phi) is 7.28. The number of halogens is 2. The van der Waals surface area contributed by atoms with Crippen LogP contribution in [0.3, 0.4) is 0 Å². The molecule has 0 saturated carbocycles. The average Bonchev–Trinajstić information content (AvgIpc) is 3.09. The molecule has 0 fully saturated rings. The molecule has 27 heavy (non-hydrogen) atoms. The Morgan fingerprint density at radius 2 is 1.93 bits per heavy atom. The van der Waals surface area contributed by atoms with Gasteiger partial charge in [0.25, 0.3) is 10.0 Å². The summed E-state index contributed by atoms with van der Waals surface area (Å²) in [4.78, 5) is 5.05. The van der Waals surface area contributed by atoms with Crippen molar-refractivity contribution in [1.29, 1.82) is 0 Å². The lowest BCUT2D eigenvalue weighted by molar-refractivity contribution is 0.523. The number of nitrogens with one attached hydrogen (secondary N) is 2. The lowest BCUT2D eigenvalue weighted by Crippen LogP contribution is -2.36. The lowest BCUT2D eigenvalue weighted by Gasteiger charge is -2.11. The van der Waals surface area contributed by atoms with Crippen LogP contribution in [0.1, 0.15) is 17.4 Å². The number of sulfonamides is 1. The molecule has 2 rings (SSSR count). The lowest BCUT2D eigenvalue weighted by atomic mass is 10.2. The minimum atomic E-state index is -3.46. The van der Waals surface area contributed by atoms with E-state index in [0.29, 0.717) is 19.0 Å². The molecule has 1 heterocycles. The number of benzene rings is 1. The molecule has 0 bridgehead atoms. The van der Waals surface area contributed by atoms with Crippen LogP contribution in [0.2, 0.25) is 0 Å². The Morgan fingerprint density at radius 1 is 1.19 bits per heavy atom. The minimum Gasteiger partial charge on any atom is -0.357 e. The van der Waals surface area contributed by atoms with Crippen molar-refractivity contribution in [2.45, 2.75) is 24.2 Å². The minimum absolute atomic E-state index is 0.0242. The summed E-state index contributed by atoms with van der Waals surface area (Å²) < 4.78 is 52.6. The number of thiophene rings is 1. The van der Waals surface area contributed by atoms with Gasteiger partial charge < -0.3 is 10.6 Å². The molecule has 10 heteroatoms. The summed E-state index contributed by atoms with van der Waals surface area (Å²) in [6.07, 6.45) is 0. The van der Waals surface area contributed by atoms with Gasteiger partial charge in [0, 0.05) is 31.1 Å². The van der Waals surface area contributed by atoms with Gasteiger partial charge in [-0.25, -0.2) is 26.5 Å². The summed E-state index contributed by atoms with van der Waals surface area (Å²) >= 11 is 1.16. The zero-order chi connectivity index (χ0) is 20.0. The summed E-state index contributed by atoms with van der Waals surface area (Å²) in [5.74, 6) is -0.618. The number of guanidine groups is 1. The van der Waals surface area contributed by atoms with Gasteiger partial charge in [0.05, 0.1) is 13.1 Å². The van der Waals surface area contributed by atoms with E-state index in [9.17, 15) is 17.2 Å². The van der Waals surface area contributed by atoms with Crippen molar-refractivity contribution in [3.8, 4) is 0 Å². The van der Waals surface area contributed by atoms with Crippen LogP contribution in [0.4, 0.5) is 8.78 Å². The van der Waals surface area contributed by atoms with Crippen LogP contribution in [0, 0.1) is 11.6 Å². The number of hydrogen-bond donors (Lipinski definition) is 2. The van der Waals surface area contributed by atoms with E-state index in [4.69, 9.17) is 0 Å². The van der Waals surface area contributed by atoms with E-state index in [1.807, 2.05) is 6.92 Å². The van der Waals surface area contributed by atoms with Crippen LogP contribution in [0.15, 0.2) is 39.5 Å². The summed E-state index contributed by atoms with van der Waals surface area (Å²) in [5, 5.41) is 6.07. The van der Waals surface area contributed by atoms with Crippen molar-refractivity contribution in [3.63, 3.8) is 0 Å². The molecule has 0 saturated heterocycles. The van der Waals surface area contributed by atoms with Crippen molar-refractivity contribution < 1.29 is 17.2 Å². The monoisotopic (exact) mass is 416 g/mol. The highest BCUT2D eigenvalue weighted by Crippen LogP contribution is 2.23. The molecule has 0 aliphatic rings. The van der Waals surface area contributed by atoms with Crippen LogP contribution in [-0.2, 0) is 23.1 Å². The maximum atomic E-state index is 13.7. The standard InChI is InChI=1S/C17H22F2N4O2S2/c1-4-20-17(21-10-12-9-13(18)5-7-15(12)19)22-11-14-6-8-16(26-14)27(24,25)23(2)3/h5-9H,4,10-11H2,1-3H3,(H2,20,21,22). The van der Waals surface area contributed by atoms with Gasteiger partial charge >= 0.3 is 0 Å². The Labute approximate surface area is 162 Å². The van der Waals surface area contributed by atoms with E-state index in [-0.39, 0.29) is 16.3 Å². The molecular weight excluding hydrogens is 394 g/mol. The van der Waals surface area contributed by atoms with E-state index in [1.165, 1.54) is 14.1 Å². The molecule has 1 aromatic carbocycles. The largest absolute Gasteiger partial charge is 0.357 e. The Hall–Kier alpha value is -2.04. The summed E-state index contributed by atoms with van der Waals surface area (Å²) in [6, 6.07) is 6.52. The average molecular weight is 417 g/mol. The number of aliphatic imine (C=N–C) groups is 1. The fourth-order valence-electron chi connectivity index (χ4n) is 2.11. The van der Waals surface area contributed by atoms with Crippen LogP contribution >= 0.6 is 11.3 Å². The van der Waals surface area contributed by atoms with Gasteiger partial charge in [0.15, 0.2) is 5.96 Å². The molecule has 0 aliphatic heterocycles. The van der Waals surface area contributed by atoms with Gasteiger partial charge in [0.1, 0.15) is 15.8 Å². The third-order valence-electron chi connectivity index (χ3n) is 3.56. The SMILES string of the molecule is CCNC(=NCc1cc(F)ccc1F)NCc1ccc(S(=O)(=O)N(C)C)s1. The highest BCUT2D eigenvalue weighted by atomic mass is 32.2. The topological polar surface area (TPSA) is 73.8 Å². The second kappa shape index (κ2) is 9.25. The van der Waals surface area contributed by atoms with Gasteiger partial charge in [-0.3, -0.25) is 0 Å². The van der Waals surface area contributed by atoms with Crippen LogP contribution in [0.5, 0.6) is 0 Å². The molecule has 0 amide bonds. The normalized spacial score (nSPS) is 12.4. The van der Waals surface area contributed by atoms with E-state index in [2.05, 4.69) is 15.6 Å². The first-order valence-electron chi connectivity index (χ1n) is 8.21. The Morgan fingerprint density at radius 3 is 2.59 bits per heavy atom. The van der Waals surface area contributed by atoms with Gasteiger partial charge in [-0.2, -0.15) is 0 Å². The van der Waals surface area contributed by atoms with Crippen LogP contribution in [0.25, 0.3) is 0 Å². The van der Waals surface area contributed by atoms with Gasteiger partial charge in [-0.1, -0.05) is 0 Å². The smallest absolute Gasteiger partial charge is 0.252 e. The molecule has 0 atom stereocenters. The molecular formula is C17H22F2N4O2S2. The van der Waals surface area contributed by atoms with Gasteiger partial charge in [-0.15, -0.1) is 11.3 Å². The molecule has 1 aromatic heterocycles. The number of nitrogens with zero attached hydrogens (tertiary/aromatic N) is 2. The zero-order valence-electron chi connectivity index (χ0n) is 15.3. The fraction of sp³-hybridized carbons (Fsp3) is 0.353. The van der Waals surface area contributed by atoms with Crippen molar-refractivity contribution in [1.82, 2.24) is 14.9 Å². The molecule has 6 nitrogen and oxygen atoms in total. The van der Waals surface area contributed by atoms with Gasteiger partial charge in [-0.05, 0) is 37.3 Å². The third kappa shape index (κ3) is 5.72. The zero-order valence-corrected chi connectivity index (χ0v) is 16.9. The van der Waals surface area contributed by atoms with E-state index in [0.717, 1.165) is 38.7 Å². The Balaban J connectivity index is 2.06. The molecule has 0 radical (unpaired) electrons. The molecule has 148 valence electrons. The van der Waals surface area contributed by atoms with Crippen molar-refractivity contribution in [2.24, 2.45) is 4.99 Å². The maximum Gasteiger partial charge on any atom is 0.252 e. The Bertz CT molecular complexity index is 911. The summed E-state index contributed by atoms with van der Waals surface area (Å²) in [5.41, 5.74) is 0.155. The molecule has 0 unspecified atom stereocenters. The summed E-state index contributed by atoms with van der Waals surface area (Å²) in [7, 11) is -0.498. The van der Waals surface area contributed by atoms with Crippen LogP contribution in [-0.4, -0.2) is 39.3 Å².